The number of phenolic OH excluding ortho intramolecular Hbond substituents is 1. The molecule has 5 rings (SSSR count). The van der Waals surface area contributed by atoms with Crippen LogP contribution < -0.4 is 15.7 Å². The van der Waals surface area contributed by atoms with Crippen LogP contribution in [0.2, 0.25) is 5.02 Å². The van der Waals surface area contributed by atoms with Crippen LogP contribution in [0.5, 0.6) is 17.2 Å². The number of anilines is 1. The van der Waals surface area contributed by atoms with E-state index in [2.05, 4.69) is 10.3 Å². The van der Waals surface area contributed by atoms with Crippen LogP contribution in [0.3, 0.4) is 0 Å². The van der Waals surface area contributed by atoms with Crippen LogP contribution in [-0.4, -0.2) is 69.5 Å². The fourth-order valence-electron chi connectivity index (χ4n) is 5.53. The molecule has 14 heteroatoms. The van der Waals surface area contributed by atoms with Crippen LogP contribution in [-0.2, 0) is 20.6 Å². The van der Waals surface area contributed by atoms with Gasteiger partial charge < -0.3 is 49.0 Å². The summed E-state index contributed by atoms with van der Waals surface area (Å²) in [6.07, 6.45) is -2.87. The number of nitrogens with one attached hydrogen (secondary N) is 2. The summed E-state index contributed by atoms with van der Waals surface area (Å²) in [4.78, 5) is 41.9. The van der Waals surface area contributed by atoms with Crippen molar-refractivity contribution in [3.63, 3.8) is 0 Å². The number of amides is 1. The molecule has 0 bridgehead atoms. The summed E-state index contributed by atoms with van der Waals surface area (Å²) in [6, 6.07) is 10.2. The number of aromatic amines is 1. The highest BCUT2D eigenvalue weighted by Crippen LogP contribution is 2.41. The first-order chi connectivity index (χ1) is 23.1. The topological polar surface area (TPSA) is 190 Å². The Morgan fingerprint density at radius 2 is 1.86 bits per heavy atom. The highest BCUT2D eigenvalue weighted by Gasteiger charge is 2.53. The van der Waals surface area contributed by atoms with Crippen molar-refractivity contribution < 1.29 is 48.3 Å². The third kappa shape index (κ3) is 7.30. The lowest BCUT2D eigenvalue weighted by Gasteiger charge is -2.47. The number of methoxy groups -OCH3 is 1. The van der Waals surface area contributed by atoms with Crippen molar-refractivity contribution in [3.05, 3.63) is 92.1 Å². The minimum Gasteiger partial charge on any atom is -0.508 e. The molecule has 13 nitrogen and oxygen atoms in total. The van der Waals surface area contributed by atoms with E-state index in [1.54, 1.807) is 32.9 Å². The molecule has 1 amide bonds. The molecule has 4 aromatic rings. The maximum atomic E-state index is 13.1. The van der Waals surface area contributed by atoms with Crippen LogP contribution in [0.15, 0.2) is 63.3 Å². The lowest BCUT2D eigenvalue weighted by Crippen LogP contribution is -2.65. The molecular weight excluding hydrogens is 660 g/mol. The van der Waals surface area contributed by atoms with Crippen molar-refractivity contribution in [1.82, 2.24) is 4.98 Å². The molecule has 4 atom stereocenters. The van der Waals surface area contributed by atoms with Gasteiger partial charge in [-0.25, -0.2) is 9.59 Å². The predicted molar refractivity (Wildman–Crippen MR) is 179 cm³/mol. The lowest BCUT2D eigenvalue weighted by molar-refractivity contribution is -0.305. The predicted octanol–water partition coefficient (Wildman–Crippen LogP) is 5.37. The molecular formula is C35H37ClN2O11. The molecule has 260 valence electrons. The Morgan fingerprint density at radius 1 is 1.12 bits per heavy atom. The summed E-state index contributed by atoms with van der Waals surface area (Å²) in [7, 11) is 1.39. The van der Waals surface area contributed by atoms with Gasteiger partial charge in [0, 0.05) is 18.4 Å². The number of aryl methyl sites for hydroxylation is 1. The molecule has 0 spiro atoms. The molecule has 1 unspecified atom stereocenters. The van der Waals surface area contributed by atoms with Gasteiger partial charge in [0.1, 0.15) is 28.3 Å². The van der Waals surface area contributed by atoms with E-state index in [9.17, 15) is 29.7 Å². The molecule has 1 aliphatic rings. The number of aliphatic hydroxyl groups excluding tert-OH is 1. The number of carbonyl (C=O) groups is 2. The van der Waals surface area contributed by atoms with Gasteiger partial charge in [-0.15, -0.1) is 0 Å². The monoisotopic (exact) mass is 696 g/mol. The van der Waals surface area contributed by atoms with Crippen LogP contribution in [0, 0.1) is 6.92 Å². The van der Waals surface area contributed by atoms with Crippen LogP contribution in [0.25, 0.3) is 11.0 Å². The first-order valence-corrected chi connectivity index (χ1v) is 15.7. The number of H-pyrrole nitrogens is 1. The van der Waals surface area contributed by atoms with Gasteiger partial charge in [-0.05, 0) is 89.1 Å². The number of aliphatic hydroxyl groups is 1. The number of fused-ring (bicyclic) bond motifs is 1. The van der Waals surface area contributed by atoms with Crippen LogP contribution >= 0.6 is 11.6 Å². The maximum Gasteiger partial charge on any atom is 0.364 e. The number of rotatable bonds is 9. The van der Waals surface area contributed by atoms with Crippen molar-refractivity contribution in [3.8, 4) is 17.2 Å². The third-order valence-electron chi connectivity index (χ3n) is 8.07. The number of benzene rings is 2. The van der Waals surface area contributed by atoms with E-state index >= 15 is 0 Å². The van der Waals surface area contributed by atoms with Gasteiger partial charge in [0.2, 0.25) is 6.29 Å². The fourth-order valence-corrected chi connectivity index (χ4v) is 5.78. The Labute approximate surface area is 286 Å². The summed E-state index contributed by atoms with van der Waals surface area (Å²) in [5.74, 6) is -2.16. The first kappa shape index (κ1) is 35.5. The van der Waals surface area contributed by atoms with Crippen molar-refractivity contribution in [2.75, 3.05) is 12.4 Å². The Bertz CT molecular complexity index is 1990. The standard InChI is InChI=1S/C35H37ClN2O11/c1-16(2)7-9-18-15-19(10-13-22(18)39)31(42)38-25-26(40)20-11-14-23(24(36)28(20)47-33(25)44)46-34-27(41)29(30(45-6)35(4,5)49-34)48-32(43)21-12-8-17(3)37-21/h7-8,10-15,27,29-30,34,37,39-41H,9H2,1-6H3,(H,38,42)/t27-,29+,30-,34?/m0/s1. The number of aromatic nitrogens is 1. The summed E-state index contributed by atoms with van der Waals surface area (Å²) < 4.78 is 28.6. The number of allylic oxidation sites excluding steroid dienone is 2. The Hall–Kier alpha value is -4.82. The largest absolute Gasteiger partial charge is 0.508 e. The zero-order valence-electron chi connectivity index (χ0n) is 27.6. The molecule has 49 heavy (non-hydrogen) atoms. The minimum absolute atomic E-state index is 0.00573. The number of hydrogen-bond donors (Lipinski definition) is 5. The number of esters is 1. The van der Waals surface area contributed by atoms with Crippen molar-refractivity contribution in [2.24, 2.45) is 0 Å². The molecule has 0 radical (unpaired) electrons. The van der Waals surface area contributed by atoms with E-state index in [0.717, 1.165) is 11.3 Å². The average Bonchev–Trinajstić information content (AvgIpc) is 3.48. The number of aromatic hydroxyl groups is 2. The van der Waals surface area contributed by atoms with Gasteiger partial charge in [-0.3, -0.25) is 4.79 Å². The smallest absolute Gasteiger partial charge is 0.364 e. The Morgan fingerprint density at radius 3 is 2.51 bits per heavy atom. The first-order valence-electron chi connectivity index (χ1n) is 15.3. The molecule has 2 aromatic carbocycles. The highest BCUT2D eigenvalue weighted by molar-refractivity contribution is 6.36. The Kier molecular flexibility index (Phi) is 10.1. The summed E-state index contributed by atoms with van der Waals surface area (Å²) in [6.45, 7) is 8.92. The number of halogens is 1. The second kappa shape index (κ2) is 14.0. The molecule has 2 aromatic heterocycles. The van der Waals surface area contributed by atoms with Crippen LogP contribution in [0.4, 0.5) is 5.69 Å². The summed E-state index contributed by atoms with van der Waals surface area (Å²) >= 11 is 6.58. The maximum absolute atomic E-state index is 13.1. The van der Waals surface area contributed by atoms with Gasteiger partial charge in [-0.2, -0.15) is 0 Å². The van der Waals surface area contributed by atoms with E-state index in [1.165, 1.54) is 37.4 Å². The molecule has 1 fully saturated rings. The van der Waals surface area contributed by atoms with Gasteiger partial charge in [0.25, 0.3) is 5.91 Å². The zero-order chi connectivity index (χ0) is 35.8. The number of ether oxygens (including phenoxy) is 4. The molecule has 1 aliphatic heterocycles. The van der Waals surface area contributed by atoms with Gasteiger partial charge in [0.15, 0.2) is 29.2 Å². The second-order valence-corrected chi connectivity index (χ2v) is 12.8. The van der Waals surface area contributed by atoms with Gasteiger partial charge in [0.05, 0.1) is 11.0 Å². The van der Waals surface area contributed by atoms with Gasteiger partial charge >= 0.3 is 11.6 Å². The molecule has 0 aliphatic carbocycles. The summed E-state index contributed by atoms with van der Waals surface area (Å²) in [5.41, 5.74) is -0.464. The quantitative estimate of drug-likeness (QED) is 0.0859. The average molecular weight is 697 g/mol. The number of hydrogen-bond acceptors (Lipinski definition) is 11. The molecule has 5 N–H and O–H groups in total. The third-order valence-corrected chi connectivity index (χ3v) is 8.43. The van der Waals surface area contributed by atoms with Crippen molar-refractivity contribution in [1.29, 1.82) is 0 Å². The second-order valence-electron chi connectivity index (χ2n) is 12.4. The number of carbonyl (C=O) groups excluding carboxylic acids is 2. The van der Waals surface area contributed by atoms with Crippen LogP contribution in [0.1, 0.15) is 59.8 Å². The fraction of sp³-hybridized carbons (Fsp3) is 0.343. The normalized spacial score (nSPS) is 20.1. The zero-order valence-corrected chi connectivity index (χ0v) is 28.4. The van der Waals surface area contributed by atoms with E-state index in [0.29, 0.717) is 12.0 Å². The van der Waals surface area contributed by atoms with E-state index in [1.807, 2.05) is 19.9 Å². The van der Waals surface area contributed by atoms with Crippen molar-refractivity contribution >= 4 is 40.1 Å². The summed E-state index contributed by atoms with van der Waals surface area (Å²) in [5, 5.41) is 34.6. The van der Waals surface area contributed by atoms with E-state index in [4.69, 9.17) is 35.0 Å². The Balaban J connectivity index is 1.40. The van der Waals surface area contributed by atoms with E-state index < -0.39 is 59.1 Å². The van der Waals surface area contributed by atoms with Crippen molar-refractivity contribution in [2.45, 2.75) is 71.2 Å². The minimum atomic E-state index is -1.56. The SMILES string of the molecule is CO[C@H]1[C@H](OC(=O)c2ccc(C)[nH]2)[C@H](O)C(Oc2ccc3c(O)c(NC(=O)c4ccc(O)c(CC=C(C)C)c4)c(=O)oc3c2Cl)OC1(C)C. The van der Waals surface area contributed by atoms with Gasteiger partial charge in [-0.1, -0.05) is 23.3 Å². The number of phenols is 1. The lowest BCUT2D eigenvalue weighted by atomic mass is 9.89. The highest BCUT2D eigenvalue weighted by atomic mass is 35.5. The molecule has 3 heterocycles. The van der Waals surface area contributed by atoms with E-state index in [-0.39, 0.29) is 38.7 Å². The molecule has 0 saturated carbocycles. The molecule has 1 saturated heterocycles.